The van der Waals surface area contributed by atoms with Crippen molar-refractivity contribution in [2.45, 2.75) is 82.8 Å². The summed E-state index contributed by atoms with van der Waals surface area (Å²) in [5, 5.41) is 3.14. The van der Waals surface area contributed by atoms with Gasteiger partial charge in [-0.1, -0.05) is 30.9 Å². The van der Waals surface area contributed by atoms with Crippen LogP contribution in [0.15, 0.2) is 18.2 Å². The number of likely N-dealkylation sites (N-methyl/N-ethyl adjacent to an activating group) is 1. The zero-order valence-corrected chi connectivity index (χ0v) is 20.9. The molecule has 3 aliphatic rings. The number of urea groups is 1. The Balaban J connectivity index is 1.52. The summed E-state index contributed by atoms with van der Waals surface area (Å²) in [6.07, 6.45) is 6.96. The Labute approximate surface area is 205 Å². The predicted molar refractivity (Wildman–Crippen MR) is 130 cm³/mol. The molecule has 1 aromatic carbocycles. The molecule has 1 spiro atoms. The van der Waals surface area contributed by atoms with Gasteiger partial charge in [-0.25, -0.2) is 4.79 Å². The van der Waals surface area contributed by atoms with Crippen molar-refractivity contribution in [3.63, 3.8) is 0 Å². The first kappa shape index (κ1) is 24.5. The highest BCUT2D eigenvalue weighted by atomic mass is 35.5. The molecule has 5 amide bonds. The number of anilines is 1. The van der Waals surface area contributed by atoms with Crippen LogP contribution in [0.1, 0.15) is 75.6 Å². The van der Waals surface area contributed by atoms with E-state index in [2.05, 4.69) is 5.32 Å². The Morgan fingerprint density at radius 1 is 1.06 bits per heavy atom. The van der Waals surface area contributed by atoms with Crippen molar-refractivity contribution in [2.75, 3.05) is 18.9 Å². The number of likely N-dealkylation sites (tertiary alicyclic amines) is 1. The van der Waals surface area contributed by atoms with Crippen LogP contribution in [0.25, 0.3) is 0 Å². The van der Waals surface area contributed by atoms with Crippen LogP contribution in [-0.4, -0.2) is 69.7 Å². The van der Waals surface area contributed by atoms with Crippen molar-refractivity contribution >= 4 is 41.0 Å². The van der Waals surface area contributed by atoms with Crippen LogP contribution in [0.4, 0.5) is 10.5 Å². The molecule has 9 heteroatoms. The Hall–Kier alpha value is -2.61. The highest BCUT2D eigenvalue weighted by Crippen LogP contribution is 2.39. The average Bonchev–Trinajstić information content (AvgIpc) is 2.97. The van der Waals surface area contributed by atoms with Gasteiger partial charge in [-0.3, -0.25) is 19.3 Å². The van der Waals surface area contributed by atoms with Crippen LogP contribution in [0.3, 0.4) is 0 Å². The molecule has 0 unspecified atom stereocenters. The number of benzene rings is 1. The van der Waals surface area contributed by atoms with Crippen LogP contribution < -0.4 is 5.32 Å². The Morgan fingerprint density at radius 3 is 2.35 bits per heavy atom. The van der Waals surface area contributed by atoms with Crippen molar-refractivity contribution in [3.05, 3.63) is 28.8 Å². The number of carbonyl (C=O) groups is 4. The summed E-state index contributed by atoms with van der Waals surface area (Å²) >= 11 is 6.20. The van der Waals surface area contributed by atoms with E-state index in [1.165, 1.54) is 4.90 Å². The standard InChI is InChI=1S/C25H33ClN4O4/c1-16-8-7-9-17(2)30(16)22(32)19-14-18(26)10-11-20(19)27-21(31)15-29-23(33)25(28(3)24(29)34)12-5-4-6-13-25/h10-11,14,16-17H,4-9,12-13,15H2,1-3H3,(H,27,31)/t16-,17-/m1/s1. The average molecular weight is 489 g/mol. The van der Waals surface area contributed by atoms with E-state index < -0.39 is 24.0 Å². The number of nitrogens with one attached hydrogen (secondary N) is 1. The van der Waals surface area contributed by atoms with Gasteiger partial charge < -0.3 is 15.1 Å². The molecule has 2 aliphatic heterocycles. The van der Waals surface area contributed by atoms with Gasteiger partial charge in [-0.2, -0.15) is 0 Å². The third kappa shape index (κ3) is 4.28. The van der Waals surface area contributed by atoms with Crippen LogP contribution >= 0.6 is 11.6 Å². The minimum Gasteiger partial charge on any atom is -0.333 e. The molecule has 1 aromatic rings. The van der Waals surface area contributed by atoms with Crippen molar-refractivity contribution < 1.29 is 19.2 Å². The maximum Gasteiger partial charge on any atom is 0.327 e. The molecule has 8 nitrogen and oxygen atoms in total. The minimum atomic E-state index is -0.836. The zero-order chi connectivity index (χ0) is 24.6. The largest absolute Gasteiger partial charge is 0.333 e. The third-order valence-corrected chi connectivity index (χ3v) is 7.93. The normalized spacial score (nSPS) is 24.6. The lowest BCUT2D eigenvalue weighted by molar-refractivity contribution is -0.136. The summed E-state index contributed by atoms with van der Waals surface area (Å²) in [5.41, 5.74) is -0.206. The third-order valence-electron chi connectivity index (χ3n) is 7.70. The van der Waals surface area contributed by atoms with E-state index in [4.69, 9.17) is 11.6 Å². The van der Waals surface area contributed by atoms with Crippen molar-refractivity contribution in [3.8, 4) is 0 Å². The number of hydrogen-bond donors (Lipinski definition) is 1. The molecule has 0 aromatic heterocycles. The van der Waals surface area contributed by atoms with Gasteiger partial charge in [0.2, 0.25) is 5.91 Å². The topological polar surface area (TPSA) is 90.0 Å². The monoisotopic (exact) mass is 488 g/mol. The lowest BCUT2D eigenvalue weighted by Gasteiger charge is -2.39. The van der Waals surface area contributed by atoms with E-state index >= 15 is 0 Å². The van der Waals surface area contributed by atoms with E-state index in [-0.39, 0.29) is 23.9 Å². The fourth-order valence-electron chi connectivity index (χ4n) is 5.77. The molecule has 184 valence electrons. The summed E-state index contributed by atoms with van der Waals surface area (Å²) in [7, 11) is 1.64. The molecule has 1 N–H and O–H groups in total. The number of imide groups is 1. The fourth-order valence-corrected chi connectivity index (χ4v) is 5.94. The molecule has 2 heterocycles. The SMILES string of the molecule is C[C@@H]1CCC[C@@H](C)N1C(=O)c1cc(Cl)ccc1NC(=O)CN1C(=O)N(C)C2(CCCCC2)C1=O. The zero-order valence-electron chi connectivity index (χ0n) is 20.1. The number of carbonyl (C=O) groups excluding carboxylic acids is 4. The van der Waals surface area contributed by atoms with E-state index in [1.807, 2.05) is 18.7 Å². The predicted octanol–water partition coefficient (Wildman–Crippen LogP) is 4.28. The molecule has 34 heavy (non-hydrogen) atoms. The van der Waals surface area contributed by atoms with Crippen molar-refractivity contribution in [1.82, 2.24) is 14.7 Å². The van der Waals surface area contributed by atoms with Gasteiger partial charge in [0.15, 0.2) is 0 Å². The number of rotatable bonds is 4. The number of hydrogen-bond acceptors (Lipinski definition) is 4. The van der Waals surface area contributed by atoms with Gasteiger partial charge in [-0.15, -0.1) is 0 Å². The fraction of sp³-hybridized carbons (Fsp3) is 0.600. The summed E-state index contributed by atoms with van der Waals surface area (Å²) in [6, 6.07) is 4.47. The summed E-state index contributed by atoms with van der Waals surface area (Å²) in [4.78, 5) is 56.9. The van der Waals surface area contributed by atoms with Crippen LogP contribution in [0.2, 0.25) is 5.02 Å². The second kappa shape index (κ2) is 9.56. The number of piperidine rings is 1. The van der Waals surface area contributed by atoms with E-state index in [1.54, 1.807) is 25.2 Å². The molecule has 0 bridgehead atoms. The van der Waals surface area contributed by atoms with Crippen molar-refractivity contribution in [2.24, 2.45) is 0 Å². The molecule has 2 atom stereocenters. The van der Waals surface area contributed by atoms with Gasteiger partial charge in [0.25, 0.3) is 11.8 Å². The van der Waals surface area contributed by atoms with Gasteiger partial charge in [0, 0.05) is 24.2 Å². The molecule has 1 saturated carbocycles. The number of nitrogens with zero attached hydrogens (tertiary/aromatic N) is 3. The summed E-state index contributed by atoms with van der Waals surface area (Å²) < 4.78 is 0. The lowest BCUT2D eigenvalue weighted by atomic mass is 9.81. The lowest BCUT2D eigenvalue weighted by Crippen LogP contribution is -2.49. The van der Waals surface area contributed by atoms with Gasteiger partial charge in [-0.05, 0) is 64.2 Å². The molecule has 4 rings (SSSR count). The van der Waals surface area contributed by atoms with E-state index in [0.29, 0.717) is 29.1 Å². The first-order chi connectivity index (χ1) is 16.2. The molecule has 1 aliphatic carbocycles. The summed E-state index contributed by atoms with van der Waals surface area (Å²) in [5.74, 6) is -1.02. The maximum atomic E-state index is 13.5. The van der Waals surface area contributed by atoms with Crippen LogP contribution in [-0.2, 0) is 9.59 Å². The van der Waals surface area contributed by atoms with Crippen molar-refractivity contribution in [1.29, 1.82) is 0 Å². The Bertz CT molecular complexity index is 997. The Kier molecular flexibility index (Phi) is 6.90. The minimum absolute atomic E-state index is 0.0841. The highest BCUT2D eigenvalue weighted by molar-refractivity contribution is 6.31. The van der Waals surface area contributed by atoms with Gasteiger partial charge in [0.1, 0.15) is 12.1 Å². The maximum absolute atomic E-state index is 13.5. The number of halogens is 1. The van der Waals surface area contributed by atoms with Gasteiger partial charge in [0.05, 0.1) is 11.3 Å². The highest BCUT2D eigenvalue weighted by Gasteiger charge is 2.55. The molecular formula is C25H33ClN4O4. The first-order valence-corrected chi connectivity index (χ1v) is 12.6. The van der Waals surface area contributed by atoms with Gasteiger partial charge >= 0.3 is 6.03 Å². The van der Waals surface area contributed by atoms with E-state index in [0.717, 1.165) is 43.4 Å². The quantitative estimate of drug-likeness (QED) is 0.640. The first-order valence-electron chi connectivity index (χ1n) is 12.2. The molecular weight excluding hydrogens is 456 g/mol. The van der Waals surface area contributed by atoms with Crippen LogP contribution in [0.5, 0.6) is 0 Å². The molecule has 0 radical (unpaired) electrons. The second-order valence-corrected chi connectivity index (χ2v) is 10.3. The van der Waals surface area contributed by atoms with E-state index in [9.17, 15) is 19.2 Å². The van der Waals surface area contributed by atoms with Crippen LogP contribution in [0, 0.1) is 0 Å². The Morgan fingerprint density at radius 2 is 1.71 bits per heavy atom. The summed E-state index contributed by atoms with van der Waals surface area (Å²) in [6.45, 7) is 3.66. The smallest absolute Gasteiger partial charge is 0.327 e. The second-order valence-electron chi connectivity index (χ2n) is 9.90. The number of amides is 5. The molecule has 2 saturated heterocycles. The molecule has 3 fully saturated rings.